The third kappa shape index (κ3) is 3.31. The Bertz CT molecular complexity index is 695. The van der Waals surface area contributed by atoms with Gasteiger partial charge in [-0.05, 0) is 24.1 Å². The van der Waals surface area contributed by atoms with E-state index in [1.807, 2.05) is 6.07 Å². The molecule has 1 atom stereocenters. The SMILES string of the molecule is COC(=O)c1c(Cl)cc(N2CCC(c3ccccc3)C2)cc1Cl. The molecule has 0 amide bonds. The van der Waals surface area contributed by atoms with Gasteiger partial charge >= 0.3 is 5.97 Å². The largest absolute Gasteiger partial charge is 0.465 e. The molecule has 3 rings (SSSR count). The van der Waals surface area contributed by atoms with E-state index in [9.17, 15) is 4.79 Å². The van der Waals surface area contributed by atoms with Crippen LogP contribution in [0, 0.1) is 0 Å². The van der Waals surface area contributed by atoms with Gasteiger partial charge in [0.2, 0.25) is 0 Å². The van der Waals surface area contributed by atoms with Gasteiger partial charge in [-0.25, -0.2) is 4.79 Å². The molecule has 0 saturated carbocycles. The second-order valence-electron chi connectivity index (χ2n) is 5.62. The normalized spacial score (nSPS) is 17.3. The molecule has 120 valence electrons. The van der Waals surface area contributed by atoms with E-state index >= 15 is 0 Å². The van der Waals surface area contributed by atoms with Gasteiger partial charge in [0.05, 0.1) is 22.7 Å². The van der Waals surface area contributed by atoms with E-state index in [-0.39, 0.29) is 5.56 Å². The van der Waals surface area contributed by atoms with Crippen LogP contribution < -0.4 is 4.90 Å². The molecule has 1 aliphatic heterocycles. The highest BCUT2D eigenvalue weighted by molar-refractivity contribution is 6.39. The molecule has 1 aliphatic rings. The van der Waals surface area contributed by atoms with Gasteiger partial charge in [0.25, 0.3) is 0 Å². The number of ether oxygens (including phenoxy) is 1. The Hall–Kier alpha value is -1.71. The zero-order chi connectivity index (χ0) is 16.4. The van der Waals surface area contributed by atoms with E-state index in [1.165, 1.54) is 12.7 Å². The van der Waals surface area contributed by atoms with Crippen LogP contribution in [-0.4, -0.2) is 26.2 Å². The van der Waals surface area contributed by atoms with E-state index in [0.717, 1.165) is 25.2 Å². The molecule has 0 aromatic heterocycles. The number of carbonyl (C=O) groups excluding carboxylic acids is 1. The summed E-state index contributed by atoms with van der Waals surface area (Å²) >= 11 is 12.5. The van der Waals surface area contributed by atoms with Crippen LogP contribution in [0.2, 0.25) is 10.0 Å². The molecule has 0 spiro atoms. The Morgan fingerprint density at radius 3 is 2.43 bits per heavy atom. The lowest BCUT2D eigenvalue weighted by molar-refractivity contribution is 0.0601. The summed E-state index contributed by atoms with van der Waals surface area (Å²) < 4.78 is 4.72. The van der Waals surface area contributed by atoms with Gasteiger partial charge in [-0.15, -0.1) is 0 Å². The van der Waals surface area contributed by atoms with Crippen molar-refractivity contribution in [3.8, 4) is 0 Å². The van der Waals surface area contributed by atoms with Crippen LogP contribution in [0.1, 0.15) is 28.3 Å². The van der Waals surface area contributed by atoms with Crippen LogP contribution in [0.4, 0.5) is 5.69 Å². The Labute approximate surface area is 145 Å². The summed E-state index contributed by atoms with van der Waals surface area (Å²) in [4.78, 5) is 14.0. The third-order valence-corrected chi connectivity index (χ3v) is 4.84. The van der Waals surface area contributed by atoms with Crippen molar-refractivity contribution in [3.05, 3.63) is 63.6 Å². The van der Waals surface area contributed by atoms with Crippen molar-refractivity contribution in [2.75, 3.05) is 25.1 Å². The highest BCUT2D eigenvalue weighted by Gasteiger charge is 2.26. The van der Waals surface area contributed by atoms with Gasteiger partial charge in [0.15, 0.2) is 0 Å². The number of rotatable bonds is 3. The molecule has 0 radical (unpaired) electrons. The number of nitrogens with zero attached hydrogens (tertiary/aromatic N) is 1. The zero-order valence-corrected chi connectivity index (χ0v) is 14.3. The monoisotopic (exact) mass is 349 g/mol. The smallest absolute Gasteiger partial charge is 0.340 e. The fourth-order valence-electron chi connectivity index (χ4n) is 3.03. The van der Waals surface area contributed by atoms with Crippen molar-refractivity contribution in [2.45, 2.75) is 12.3 Å². The molecule has 1 unspecified atom stereocenters. The average Bonchev–Trinajstić information content (AvgIpc) is 3.04. The molecule has 5 heteroatoms. The molecule has 1 fully saturated rings. The minimum atomic E-state index is -0.518. The maximum Gasteiger partial charge on any atom is 0.340 e. The van der Waals surface area contributed by atoms with E-state index in [0.29, 0.717) is 16.0 Å². The Kier molecular flexibility index (Phi) is 4.79. The zero-order valence-electron chi connectivity index (χ0n) is 12.8. The summed E-state index contributed by atoms with van der Waals surface area (Å²) in [5, 5.41) is 0.644. The summed E-state index contributed by atoms with van der Waals surface area (Å²) in [5.74, 6) is -0.0239. The average molecular weight is 350 g/mol. The first-order valence-corrected chi connectivity index (χ1v) is 8.23. The van der Waals surface area contributed by atoms with Gasteiger partial charge in [0, 0.05) is 24.7 Å². The summed E-state index contributed by atoms with van der Waals surface area (Å²) in [5.41, 5.74) is 2.50. The summed E-state index contributed by atoms with van der Waals surface area (Å²) in [6.07, 6.45) is 1.08. The minimum Gasteiger partial charge on any atom is -0.465 e. The first-order chi connectivity index (χ1) is 11.1. The van der Waals surface area contributed by atoms with Crippen molar-refractivity contribution in [1.29, 1.82) is 0 Å². The molecule has 1 saturated heterocycles. The third-order valence-electron chi connectivity index (χ3n) is 4.24. The van der Waals surface area contributed by atoms with Crippen molar-refractivity contribution < 1.29 is 9.53 Å². The molecule has 0 N–H and O–H groups in total. The number of anilines is 1. The Morgan fingerprint density at radius 1 is 1.17 bits per heavy atom. The molecule has 3 nitrogen and oxygen atoms in total. The van der Waals surface area contributed by atoms with Gasteiger partial charge in [0.1, 0.15) is 0 Å². The Morgan fingerprint density at radius 2 is 1.83 bits per heavy atom. The number of hydrogen-bond donors (Lipinski definition) is 0. The summed E-state index contributed by atoms with van der Waals surface area (Å²) in [6, 6.07) is 14.1. The minimum absolute atomic E-state index is 0.221. The van der Waals surface area contributed by atoms with Crippen LogP contribution in [-0.2, 0) is 4.74 Å². The van der Waals surface area contributed by atoms with Crippen molar-refractivity contribution in [1.82, 2.24) is 0 Å². The molecule has 0 aliphatic carbocycles. The number of halogens is 2. The number of hydrogen-bond acceptors (Lipinski definition) is 3. The fraction of sp³-hybridized carbons (Fsp3) is 0.278. The molecular formula is C18H17Cl2NO2. The molecule has 23 heavy (non-hydrogen) atoms. The number of methoxy groups -OCH3 is 1. The van der Waals surface area contributed by atoms with Crippen LogP contribution in [0.5, 0.6) is 0 Å². The summed E-state index contributed by atoms with van der Waals surface area (Å²) in [7, 11) is 1.31. The lowest BCUT2D eigenvalue weighted by Crippen LogP contribution is -2.19. The second-order valence-corrected chi connectivity index (χ2v) is 6.43. The van der Waals surface area contributed by atoms with Gasteiger partial charge < -0.3 is 9.64 Å². The quantitative estimate of drug-likeness (QED) is 0.747. The van der Waals surface area contributed by atoms with Crippen LogP contribution in [0.15, 0.2) is 42.5 Å². The molecular weight excluding hydrogens is 333 g/mol. The van der Waals surface area contributed by atoms with Crippen molar-refractivity contribution in [3.63, 3.8) is 0 Å². The molecule has 2 aromatic carbocycles. The first kappa shape index (κ1) is 16.2. The van der Waals surface area contributed by atoms with E-state index in [4.69, 9.17) is 27.9 Å². The lowest BCUT2D eigenvalue weighted by Gasteiger charge is -2.20. The van der Waals surface area contributed by atoms with Gasteiger partial charge in [-0.1, -0.05) is 53.5 Å². The molecule has 0 bridgehead atoms. The van der Waals surface area contributed by atoms with Gasteiger partial charge in [-0.3, -0.25) is 0 Å². The number of benzene rings is 2. The lowest BCUT2D eigenvalue weighted by atomic mass is 9.99. The predicted molar refractivity (Wildman–Crippen MR) is 93.8 cm³/mol. The van der Waals surface area contributed by atoms with E-state index in [2.05, 4.69) is 29.2 Å². The Balaban J connectivity index is 1.82. The highest BCUT2D eigenvalue weighted by Crippen LogP contribution is 2.35. The maximum atomic E-state index is 11.7. The summed E-state index contributed by atoms with van der Waals surface area (Å²) in [6.45, 7) is 1.85. The topological polar surface area (TPSA) is 29.5 Å². The van der Waals surface area contributed by atoms with Crippen molar-refractivity contribution in [2.24, 2.45) is 0 Å². The van der Waals surface area contributed by atoms with E-state index in [1.54, 1.807) is 12.1 Å². The predicted octanol–water partition coefficient (Wildman–Crippen LogP) is 4.77. The van der Waals surface area contributed by atoms with E-state index < -0.39 is 5.97 Å². The second kappa shape index (κ2) is 6.81. The number of esters is 1. The molecule has 2 aromatic rings. The standard InChI is InChI=1S/C18H17Cl2NO2/c1-23-18(22)17-15(19)9-14(10-16(17)20)21-8-7-13(11-21)12-5-3-2-4-6-12/h2-6,9-10,13H,7-8,11H2,1H3. The first-order valence-electron chi connectivity index (χ1n) is 7.47. The van der Waals surface area contributed by atoms with Crippen LogP contribution in [0.3, 0.4) is 0 Å². The number of carbonyl (C=O) groups is 1. The maximum absolute atomic E-state index is 11.7. The highest BCUT2D eigenvalue weighted by atomic mass is 35.5. The fourth-order valence-corrected chi connectivity index (χ4v) is 3.66. The molecule has 1 heterocycles. The van der Waals surface area contributed by atoms with Crippen LogP contribution >= 0.6 is 23.2 Å². The van der Waals surface area contributed by atoms with Gasteiger partial charge in [-0.2, -0.15) is 0 Å². The van der Waals surface area contributed by atoms with Crippen LogP contribution in [0.25, 0.3) is 0 Å². The van der Waals surface area contributed by atoms with Crippen molar-refractivity contribution >= 4 is 34.9 Å².